The van der Waals surface area contributed by atoms with E-state index in [0.29, 0.717) is 11.3 Å². The number of carbonyl (C=O) groups is 2. The molecule has 0 bridgehead atoms. The topological polar surface area (TPSA) is 112 Å². The van der Waals surface area contributed by atoms with E-state index in [1.54, 1.807) is 19.3 Å². The Hall–Kier alpha value is -3.07. The number of thiophene rings is 1. The third kappa shape index (κ3) is 5.50. The highest BCUT2D eigenvalue weighted by Crippen LogP contribution is 2.29. The van der Waals surface area contributed by atoms with Crippen molar-refractivity contribution in [2.45, 2.75) is 12.5 Å². The second-order valence-electron chi connectivity index (χ2n) is 6.73. The van der Waals surface area contributed by atoms with Gasteiger partial charge in [-0.15, -0.1) is 11.3 Å². The van der Waals surface area contributed by atoms with Crippen molar-refractivity contribution >= 4 is 39.3 Å². The van der Waals surface area contributed by atoms with Crippen molar-refractivity contribution < 1.29 is 19.8 Å². The van der Waals surface area contributed by atoms with Crippen molar-refractivity contribution in [1.82, 2.24) is 15.6 Å². The Morgan fingerprint density at radius 1 is 1.23 bits per heavy atom. The van der Waals surface area contributed by atoms with Gasteiger partial charge in [0, 0.05) is 32.1 Å². The molecule has 0 saturated heterocycles. The van der Waals surface area contributed by atoms with E-state index in [1.165, 1.54) is 17.4 Å². The fourth-order valence-electron chi connectivity index (χ4n) is 2.87. The number of nitrogens with zero attached hydrogens (tertiary/aromatic N) is 1. The minimum absolute atomic E-state index is 0.00239. The van der Waals surface area contributed by atoms with E-state index in [4.69, 9.17) is 5.11 Å². The van der Waals surface area contributed by atoms with E-state index < -0.39 is 12.7 Å². The number of amides is 2. The van der Waals surface area contributed by atoms with E-state index in [9.17, 15) is 14.7 Å². The van der Waals surface area contributed by atoms with Gasteiger partial charge in [-0.3, -0.25) is 14.6 Å². The lowest BCUT2D eigenvalue weighted by Crippen LogP contribution is -2.32. The molecule has 0 aliphatic rings. The fraction of sp³-hybridized carbons (Fsp3) is 0.227. The molecule has 0 saturated carbocycles. The number of pyridine rings is 1. The normalized spacial score (nSPS) is 12.2. The van der Waals surface area contributed by atoms with Gasteiger partial charge in [-0.25, -0.2) is 0 Å². The van der Waals surface area contributed by atoms with Crippen molar-refractivity contribution in [3.8, 4) is 0 Å². The third-order valence-corrected chi connectivity index (χ3v) is 5.57. The summed E-state index contributed by atoms with van der Waals surface area (Å²) in [5.74, 6) is -0.443. The predicted octanol–water partition coefficient (Wildman–Crippen LogP) is 1.73. The molecule has 1 unspecified atom stereocenters. The maximum atomic E-state index is 11.9. The summed E-state index contributed by atoms with van der Waals surface area (Å²) in [7, 11) is 1.62. The maximum Gasteiger partial charge on any atom is 0.261 e. The molecule has 3 rings (SSSR count). The van der Waals surface area contributed by atoms with Crippen LogP contribution in [0.5, 0.6) is 0 Å². The number of aliphatic hydroxyl groups is 2. The van der Waals surface area contributed by atoms with Crippen molar-refractivity contribution in [2.24, 2.45) is 0 Å². The average Bonchev–Trinajstić information content (AvgIpc) is 3.22. The first-order valence-corrected chi connectivity index (χ1v) is 10.2. The zero-order valence-electron chi connectivity index (χ0n) is 16.5. The number of nitrogens with one attached hydrogen (secondary N) is 2. The highest BCUT2D eigenvalue weighted by atomic mass is 32.1. The van der Waals surface area contributed by atoms with Crippen LogP contribution in [0.1, 0.15) is 26.4 Å². The molecule has 2 aromatic heterocycles. The monoisotopic (exact) mass is 425 g/mol. The zero-order chi connectivity index (χ0) is 21.5. The first kappa shape index (κ1) is 21.6. The number of hydrogen-bond donors (Lipinski definition) is 4. The Morgan fingerprint density at radius 2 is 2.00 bits per heavy atom. The number of carbonyl (C=O) groups excluding carboxylic acids is 2. The van der Waals surface area contributed by atoms with Crippen molar-refractivity contribution in [3.05, 3.63) is 70.4 Å². The summed E-state index contributed by atoms with van der Waals surface area (Å²) < 4.78 is 0.975. The Balaban J connectivity index is 1.67. The van der Waals surface area contributed by atoms with Gasteiger partial charge in [0.2, 0.25) is 5.91 Å². The van der Waals surface area contributed by atoms with Crippen molar-refractivity contribution in [1.29, 1.82) is 0 Å². The zero-order valence-corrected chi connectivity index (χ0v) is 17.3. The smallest absolute Gasteiger partial charge is 0.261 e. The molecule has 1 atom stereocenters. The largest absolute Gasteiger partial charge is 0.394 e. The van der Waals surface area contributed by atoms with Gasteiger partial charge in [-0.1, -0.05) is 24.3 Å². The van der Waals surface area contributed by atoms with Crippen molar-refractivity contribution in [3.63, 3.8) is 0 Å². The molecule has 0 fully saturated rings. The van der Waals surface area contributed by atoms with E-state index in [-0.39, 0.29) is 18.4 Å². The van der Waals surface area contributed by atoms with Crippen LogP contribution in [0.4, 0.5) is 0 Å². The van der Waals surface area contributed by atoms with E-state index in [0.717, 1.165) is 26.8 Å². The summed E-state index contributed by atoms with van der Waals surface area (Å²) in [4.78, 5) is 28.6. The molecule has 8 heteroatoms. The molecule has 0 aliphatic heterocycles. The van der Waals surface area contributed by atoms with Gasteiger partial charge < -0.3 is 20.8 Å². The van der Waals surface area contributed by atoms with Crippen LogP contribution in [0.2, 0.25) is 0 Å². The summed E-state index contributed by atoms with van der Waals surface area (Å²) in [6.45, 7) is -0.393. The molecule has 0 radical (unpaired) electrons. The number of hydrogen-bond acceptors (Lipinski definition) is 6. The SMILES string of the molecule is CNC(=O)c1cc2c(Cc3ccc(/C=C/C(=O)NCC(O)CO)cc3)cncc2s1. The molecule has 156 valence electrons. The Kier molecular flexibility index (Phi) is 7.29. The number of rotatable bonds is 8. The second kappa shape index (κ2) is 10.1. The molecule has 2 heterocycles. The predicted molar refractivity (Wildman–Crippen MR) is 117 cm³/mol. The number of benzene rings is 1. The summed E-state index contributed by atoms with van der Waals surface area (Å²) in [6, 6.07) is 9.70. The number of aromatic nitrogens is 1. The van der Waals surface area contributed by atoms with Crippen LogP contribution in [0, 0.1) is 0 Å². The second-order valence-corrected chi connectivity index (χ2v) is 7.82. The van der Waals surface area contributed by atoms with E-state index >= 15 is 0 Å². The lowest BCUT2D eigenvalue weighted by Gasteiger charge is -2.06. The van der Waals surface area contributed by atoms with Gasteiger partial charge in [-0.2, -0.15) is 0 Å². The van der Waals surface area contributed by atoms with Crippen LogP contribution in [-0.2, 0) is 11.2 Å². The highest BCUT2D eigenvalue weighted by Gasteiger charge is 2.12. The molecule has 4 N–H and O–H groups in total. The van der Waals surface area contributed by atoms with Crippen LogP contribution in [0.15, 0.2) is 48.8 Å². The molecule has 0 spiro atoms. The van der Waals surface area contributed by atoms with Gasteiger partial charge in [0.25, 0.3) is 5.91 Å². The van der Waals surface area contributed by atoms with Crippen LogP contribution in [0.25, 0.3) is 16.2 Å². The van der Waals surface area contributed by atoms with E-state index in [1.807, 2.05) is 36.5 Å². The van der Waals surface area contributed by atoms with Crippen LogP contribution < -0.4 is 10.6 Å². The van der Waals surface area contributed by atoms with Gasteiger partial charge in [0.1, 0.15) is 0 Å². The molecule has 1 aromatic carbocycles. The Morgan fingerprint density at radius 3 is 2.70 bits per heavy atom. The lowest BCUT2D eigenvalue weighted by molar-refractivity contribution is -0.117. The van der Waals surface area contributed by atoms with E-state index in [2.05, 4.69) is 15.6 Å². The Labute approximate surface area is 178 Å². The van der Waals surface area contributed by atoms with Gasteiger partial charge in [0.15, 0.2) is 0 Å². The molecule has 30 heavy (non-hydrogen) atoms. The fourth-order valence-corrected chi connectivity index (χ4v) is 3.89. The molecule has 2 amide bonds. The average molecular weight is 426 g/mol. The molecule has 0 aliphatic carbocycles. The van der Waals surface area contributed by atoms with Crippen LogP contribution in [-0.4, -0.2) is 53.3 Å². The van der Waals surface area contributed by atoms with Crippen LogP contribution in [0.3, 0.4) is 0 Å². The third-order valence-electron chi connectivity index (χ3n) is 4.50. The summed E-state index contributed by atoms with van der Waals surface area (Å²) in [5.41, 5.74) is 3.00. The maximum absolute atomic E-state index is 11.9. The minimum Gasteiger partial charge on any atom is -0.394 e. The Bertz CT molecular complexity index is 1060. The molecule has 7 nitrogen and oxygen atoms in total. The standard InChI is InChI=1S/C22H23N3O4S/c1-23-22(29)19-9-18-16(10-24-12-20(18)30-19)8-15-4-2-14(3-5-15)6-7-21(28)25-11-17(27)13-26/h2-7,9-10,12,17,26-27H,8,11,13H2,1H3,(H,23,29)(H,25,28)/b7-6+. The summed E-state index contributed by atoms with van der Waals surface area (Å²) >= 11 is 1.42. The van der Waals surface area contributed by atoms with Gasteiger partial charge in [-0.05, 0) is 40.6 Å². The quantitative estimate of drug-likeness (QED) is 0.411. The number of fused-ring (bicyclic) bond motifs is 1. The first-order chi connectivity index (χ1) is 14.5. The van der Waals surface area contributed by atoms with Gasteiger partial charge >= 0.3 is 0 Å². The molecular weight excluding hydrogens is 402 g/mol. The van der Waals surface area contributed by atoms with Gasteiger partial charge in [0.05, 0.1) is 22.3 Å². The first-order valence-electron chi connectivity index (χ1n) is 9.42. The van der Waals surface area contributed by atoms with Crippen molar-refractivity contribution in [2.75, 3.05) is 20.2 Å². The lowest BCUT2D eigenvalue weighted by atomic mass is 10.0. The summed E-state index contributed by atoms with van der Waals surface area (Å²) in [5, 5.41) is 24.2. The molecule has 3 aromatic rings. The number of aliphatic hydroxyl groups excluding tert-OH is 2. The highest BCUT2D eigenvalue weighted by molar-refractivity contribution is 7.20. The minimum atomic E-state index is -0.962. The van der Waals surface area contributed by atoms with Crippen LogP contribution >= 0.6 is 11.3 Å². The molecular formula is C22H23N3O4S. The summed E-state index contributed by atoms with van der Waals surface area (Å²) in [6.07, 6.45) is 6.38.